The van der Waals surface area contributed by atoms with Gasteiger partial charge in [0.2, 0.25) is 11.7 Å². The average Bonchev–Trinajstić information content (AvgIpc) is 2.96. The minimum atomic E-state index is -3.45. The summed E-state index contributed by atoms with van der Waals surface area (Å²) in [6.45, 7) is 8.63. The van der Waals surface area contributed by atoms with E-state index in [2.05, 4.69) is 11.7 Å². The van der Waals surface area contributed by atoms with Crippen molar-refractivity contribution < 1.29 is 17.9 Å². The maximum Gasteiger partial charge on any atom is 0.223 e. The van der Waals surface area contributed by atoms with Crippen LogP contribution in [-0.4, -0.2) is 36.3 Å². The van der Waals surface area contributed by atoms with Gasteiger partial charge in [-0.3, -0.25) is 4.79 Å². The molecule has 1 aromatic heterocycles. The van der Waals surface area contributed by atoms with Crippen molar-refractivity contribution in [1.82, 2.24) is 9.78 Å². The lowest BCUT2D eigenvalue weighted by molar-refractivity contribution is 0.103. The van der Waals surface area contributed by atoms with Gasteiger partial charge in [0.05, 0.1) is 21.9 Å². The maximum atomic E-state index is 13.0. The lowest BCUT2D eigenvalue weighted by Gasteiger charge is -2.15. The second-order valence-corrected chi connectivity index (χ2v) is 8.42. The van der Waals surface area contributed by atoms with E-state index in [0.717, 1.165) is 0 Å². The summed E-state index contributed by atoms with van der Waals surface area (Å²) in [5.74, 6) is -0.124. The van der Waals surface area contributed by atoms with Crippen LogP contribution in [0, 0.1) is 13.8 Å². The minimum Gasteiger partial charge on any atom is -0.473 e. The van der Waals surface area contributed by atoms with Gasteiger partial charge in [-0.1, -0.05) is 31.2 Å². The lowest BCUT2D eigenvalue weighted by atomic mass is 10.0. The number of aryl methyl sites for hydroxylation is 2. The summed E-state index contributed by atoms with van der Waals surface area (Å²) >= 11 is 6.37. The highest BCUT2D eigenvalue weighted by Gasteiger charge is 2.26. The van der Waals surface area contributed by atoms with Gasteiger partial charge in [0.1, 0.15) is 12.2 Å². The van der Waals surface area contributed by atoms with Gasteiger partial charge < -0.3 is 4.74 Å². The van der Waals surface area contributed by atoms with E-state index >= 15 is 0 Å². The van der Waals surface area contributed by atoms with E-state index in [0.29, 0.717) is 17.0 Å². The van der Waals surface area contributed by atoms with Crippen molar-refractivity contribution in [2.24, 2.45) is 7.05 Å². The SMILES string of the molecule is C=CCOc1c(C(=O)c2cc(C)c(S(=O)(=O)CC)c(C)c2Cl)cnn1C. The number of ketones is 1. The first-order valence-corrected chi connectivity index (χ1v) is 10.0. The predicted octanol–water partition coefficient (Wildman–Crippen LogP) is 3.28. The number of ether oxygens (including phenoxy) is 1. The molecule has 0 atom stereocenters. The number of rotatable bonds is 7. The number of hydrogen-bond acceptors (Lipinski definition) is 5. The molecular formula is C18H21ClN2O4S. The number of nitrogens with zero attached hydrogens (tertiary/aromatic N) is 2. The highest BCUT2D eigenvalue weighted by atomic mass is 35.5. The van der Waals surface area contributed by atoms with Gasteiger partial charge >= 0.3 is 0 Å². The zero-order valence-corrected chi connectivity index (χ0v) is 16.7. The van der Waals surface area contributed by atoms with Gasteiger partial charge in [0, 0.05) is 12.6 Å². The van der Waals surface area contributed by atoms with Crippen molar-refractivity contribution in [3.05, 3.63) is 52.2 Å². The van der Waals surface area contributed by atoms with Gasteiger partial charge in [-0.2, -0.15) is 5.10 Å². The van der Waals surface area contributed by atoms with Crippen LogP contribution in [0.15, 0.2) is 29.8 Å². The third-order valence-corrected chi connectivity index (χ3v) is 6.53. The van der Waals surface area contributed by atoms with Gasteiger partial charge in [-0.05, 0) is 31.0 Å². The summed E-state index contributed by atoms with van der Waals surface area (Å²) in [6.07, 6.45) is 2.96. The van der Waals surface area contributed by atoms with E-state index in [1.165, 1.54) is 16.9 Å². The van der Waals surface area contributed by atoms with Crippen LogP contribution < -0.4 is 4.74 Å². The molecule has 0 saturated carbocycles. The fraction of sp³-hybridized carbons (Fsp3) is 0.333. The third kappa shape index (κ3) is 3.54. The normalized spacial score (nSPS) is 11.4. The quantitative estimate of drug-likeness (QED) is 0.530. The molecule has 1 heterocycles. The van der Waals surface area contributed by atoms with Gasteiger partial charge in [0.15, 0.2) is 9.84 Å². The first-order chi connectivity index (χ1) is 12.2. The Hall–Kier alpha value is -2.12. The predicted molar refractivity (Wildman–Crippen MR) is 101 cm³/mol. The van der Waals surface area contributed by atoms with Gasteiger partial charge in [0.25, 0.3) is 0 Å². The van der Waals surface area contributed by atoms with E-state index in [9.17, 15) is 13.2 Å². The van der Waals surface area contributed by atoms with Crippen molar-refractivity contribution >= 4 is 27.2 Å². The van der Waals surface area contributed by atoms with E-state index < -0.39 is 9.84 Å². The monoisotopic (exact) mass is 396 g/mol. The van der Waals surface area contributed by atoms with Crippen LogP contribution in [-0.2, 0) is 16.9 Å². The number of carbonyl (C=O) groups is 1. The molecule has 0 fully saturated rings. The third-order valence-electron chi connectivity index (χ3n) is 4.03. The molecule has 6 nitrogen and oxygen atoms in total. The summed E-state index contributed by atoms with van der Waals surface area (Å²) in [6, 6.07) is 1.50. The first kappa shape index (κ1) is 20.2. The van der Waals surface area contributed by atoms with Crippen molar-refractivity contribution in [3.8, 4) is 5.88 Å². The zero-order valence-electron chi connectivity index (χ0n) is 15.2. The fourth-order valence-corrected chi connectivity index (χ4v) is 4.46. The first-order valence-electron chi connectivity index (χ1n) is 7.98. The van der Waals surface area contributed by atoms with E-state index in [1.807, 2.05) is 0 Å². The molecule has 0 radical (unpaired) electrons. The van der Waals surface area contributed by atoms with Crippen LogP contribution in [0.25, 0.3) is 0 Å². The van der Waals surface area contributed by atoms with Crippen LogP contribution in [0.4, 0.5) is 0 Å². The molecule has 1 aromatic carbocycles. The Morgan fingerprint density at radius 3 is 2.62 bits per heavy atom. The van der Waals surface area contributed by atoms with Crippen LogP contribution in [0.1, 0.15) is 34.0 Å². The van der Waals surface area contributed by atoms with E-state index in [-0.39, 0.29) is 39.2 Å². The smallest absolute Gasteiger partial charge is 0.223 e. The molecule has 0 amide bonds. The molecule has 0 aliphatic heterocycles. The van der Waals surface area contributed by atoms with Crippen LogP contribution in [0.3, 0.4) is 0 Å². The molecule has 0 unspecified atom stereocenters. The molecule has 0 saturated heterocycles. The van der Waals surface area contributed by atoms with E-state index in [4.69, 9.17) is 16.3 Å². The lowest BCUT2D eigenvalue weighted by Crippen LogP contribution is -2.12. The molecule has 0 N–H and O–H groups in total. The summed E-state index contributed by atoms with van der Waals surface area (Å²) in [5, 5.41) is 4.18. The van der Waals surface area contributed by atoms with Crippen LogP contribution >= 0.6 is 11.6 Å². The Bertz CT molecular complexity index is 978. The second kappa shape index (κ2) is 7.63. The summed E-state index contributed by atoms with van der Waals surface area (Å²) in [5.41, 5.74) is 1.32. The van der Waals surface area contributed by atoms with Crippen molar-refractivity contribution in [2.45, 2.75) is 25.7 Å². The molecule has 0 aliphatic rings. The maximum absolute atomic E-state index is 13.0. The Kier molecular flexibility index (Phi) is 5.93. The number of halogens is 1. The topological polar surface area (TPSA) is 78.3 Å². The number of aromatic nitrogens is 2. The molecule has 0 aliphatic carbocycles. The Balaban J connectivity index is 2.61. The van der Waals surface area contributed by atoms with Crippen molar-refractivity contribution in [1.29, 1.82) is 0 Å². The summed E-state index contributed by atoms with van der Waals surface area (Å²) in [7, 11) is -1.80. The van der Waals surface area contributed by atoms with Gasteiger partial charge in [-0.15, -0.1) is 0 Å². The Morgan fingerprint density at radius 1 is 1.38 bits per heavy atom. The number of carbonyl (C=O) groups excluding carboxylic acids is 1. The molecular weight excluding hydrogens is 376 g/mol. The standard InChI is InChI=1S/C18H21ClN2O4S/c1-6-8-25-18-14(10-20-21(18)5)16(22)13-9-11(3)17(12(4)15(13)19)26(23,24)7-2/h6,9-10H,1,7-8H2,2-5H3. The molecule has 0 spiro atoms. The van der Waals surface area contributed by atoms with E-state index in [1.54, 1.807) is 33.9 Å². The number of benzene rings is 1. The highest BCUT2D eigenvalue weighted by Crippen LogP contribution is 2.33. The molecule has 140 valence electrons. The summed E-state index contributed by atoms with van der Waals surface area (Å²) < 4.78 is 31.6. The molecule has 2 aromatic rings. The van der Waals surface area contributed by atoms with Crippen LogP contribution in [0.2, 0.25) is 5.02 Å². The van der Waals surface area contributed by atoms with Crippen LogP contribution in [0.5, 0.6) is 5.88 Å². The minimum absolute atomic E-state index is 0.0412. The highest BCUT2D eigenvalue weighted by molar-refractivity contribution is 7.91. The number of sulfone groups is 1. The molecule has 0 bridgehead atoms. The van der Waals surface area contributed by atoms with Crippen molar-refractivity contribution in [2.75, 3.05) is 12.4 Å². The Labute approximate surface area is 158 Å². The second-order valence-electron chi connectivity index (χ2n) is 5.83. The van der Waals surface area contributed by atoms with Gasteiger partial charge in [-0.25, -0.2) is 13.1 Å². The summed E-state index contributed by atoms with van der Waals surface area (Å²) in [4.78, 5) is 13.2. The van der Waals surface area contributed by atoms with Crippen molar-refractivity contribution in [3.63, 3.8) is 0 Å². The Morgan fingerprint density at radius 2 is 2.04 bits per heavy atom. The largest absolute Gasteiger partial charge is 0.473 e. The fourth-order valence-electron chi connectivity index (χ4n) is 2.77. The molecule has 8 heteroatoms. The molecule has 26 heavy (non-hydrogen) atoms. The zero-order chi connectivity index (χ0) is 19.6. The number of hydrogen-bond donors (Lipinski definition) is 0. The molecule has 2 rings (SSSR count). The average molecular weight is 397 g/mol.